The molecule has 1 aliphatic rings. The Labute approximate surface area is 121 Å². The predicted octanol–water partition coefficient (Wildman–Crippen LogP) is 0.698. The summed E-state index contributed by atoms with van der Waals surface area (Å²) in [6.07, 6.45) is 2.13. The van der Waals surface area contributed by atoms with E-state index in [0.29, 0.717) is 29.1 Å². The van der Waals surface area contributed by atoms with E-state index in [1.807, 2.05) is 0 Å². The molecule has 112 valence electrons. The molecule has 6 nitrogen and oxygen atoms in total. The number of nitrogens with one attached hydrogen (secondary N) is 2. The Morgan fingerprint density at radius 2 is 2.24 bits per heavy atom. The zero-order chi connectivity index (χ0) is 14.8. The summed E-state index contributed by atoms with van der Waals surface area (Å²) < 4.78 is 6.43. The topological polar surface area (TPSA) is 76.1 Å². The van der Waals surface area contributed by atoms with E-state index in [2.05, 4.69) is 10.3 Å². The van der Waals surface area contributed by atoms with Crippen molar-refractivity contribution in [3.8, 4) is 5.75 Å². The lowest BCUT2D eigenvalue weighted by atomic mass is 10.00. The van der Waals surface area contributed by atoms with Crippen LogP contribution in [0.2, 0.25) is 0 Å². The Hall–Kier alpha value is -2.08. The molecule has 0 spiro atoms. The summed E-state index contributed by atoms with van der Waals surface area (Å²) in [5, 5.41) is 3.82. The van der Waals surface area contributed by atoms with E-state index in [1.165, 1.54) is 4.57 Å². The SMILES string of the molecule is COc1ccc2c(=O)n(CC3CCCNC3)c(=O)[nH]c2c1. The van der Waals surface area contributed by atoms with Gasteiger partial charge in [-0.25, -0.2) is 4.79 Å². The number of benzene rings is 1. The molecule has 0 saturated carbocycles. The van der Waals surface area contributed by atoms with Crippen LogP contribution in [0.25, 0.3) is 10.9 Å². The molecule has 0 aliphatic carbocycles. The van der Waals surface area contributed by atoms with E-state index < -0.39 is 0 Å². The van der Waals surface area contributed by atoms with E-state index in [9.17, 15) is 9.59 Å². The van der Waals surface area contributed by atoms with Crippen molar-refractivity contribution < 1.29 is 4.74 Å². The minimum atomic E-state index is -0.355. The maximum atomic E-state index is 12.5. The molecule has 2 N–H and O–H groups in total. The zero-order valence-electron chi connectivity index (χ0n) is 12.0. The Morgan fingerprint density at radius 1 is 1.38 bits per heavy atom. The fraction of sp³-hybridized carbons (Fsp3) is 0.467. The van der Waals surface area contributed by atoms with Gasteiger partial charge in [0.25, 0.3) is 5.56 Å². The molecular weight excluding hydrogens is 270 g/mol. The highest BCUT2D eigenvalue weighted by atomic mass is 16.5. The third kappa shape index (κ3) is 2.71. The lowest BCUT2D eigenvalue weighted by Gasteiger charge is -2.23. The van der Waals surface area contributed by atoms with E-state index in [0.717, 1.165) is 25.9 Å². The summed E-state index contributed by atoms with van der Waals surface area (Å²) in [6.45, 7) is 2.33. The van der Waals surface area contributed by atoms with Gasteiger partial charge in [0.2, 0.25) is 0 Å². The predicted molar refractivity (Wildman–Crippen MR) is 81.0 cm³/mol. The van der Waals surface area contributed by atoms with Crippen molar-refractivity contribution in [1.29, 1.82) is 0 Å². The van der Waals surface area contributed by atoms with Gasteiger partial charge in [-0.15, -0.1) is 0 Å². The minimum absolute atomic E-state index is 0.234. The van der Waals surface area contributed by atoms with Crippen LogP contribution in [0.5, 0.6) is 5.75 Å². The second-order valence-corrected chi connectivity index (χ2v) is 5.47. The second kappa shape index (κ2) is 5.73. The van der Waals surface area contributed by atoms with Gasteiger partial charge in [0.15, 0.2) is 0 Å². The zero-order valence-corrected chi connectivity index (χ0v) is 12.0. The van der Waals surface area contributed by atoms with Crippen LogP contribution in [-0.2, 0) is 6.54 Å². The van der Waals surface area contributed by atoms with Crippen molar-refractivity contribution in [3.63, 3.8) is 0 Å². The van der Waals surface area contributed by atoms with Gasteiger partial charge in [0.05, 0.1) is 18.0 Å². The number of hydrogen-bond donors (Lipinski definition) is 2. The Kier molecular flexibility index (Phi) is 3.79. The van der Waals surface area contributed by atoms with Crippen LogP contribution in [0.1, 0.15) is 12.8 Å². The van der Waals surface area contributed by atoms with Crippen molar-refractivity contribution in [2.45, 2.75) is 19.4 Å². The van der Waals surface area contributed by atoms with Gasteiger partial charge in [0.1, 0.15) is 5.75 Å². The fourth-order valence-electron chi connectivity index (χ4n) is 2.86. The molecule has 1 unspecified atom stereocenters. The summed E-state index contributed by atoms with van der Waals surface area (Å²) in [6, 6.07) is 5.10. The number of aromatic amines is 1. The largest absolute Gasteiger partial charge is 0.497 e. The number of hydrogen-bond acceptors (Lipinski definition) is 4. The first-order valence-electron chi connectivity index (χ1n) is 7.20. The normalized spacial score (nSPS) is 18.8. The van der Waals surface area contributed by atoms with Crippen molar-refractivity contribution in [1.82, 2.24) is 14.9 Å². The highest BCUT2D eigenvalue weighted by Crippen LogP contribution is 2.16. The smallest absolute Gasteiger partial charge is 0.328 e. The lowest BCUT2D eigenvalue weighted by molar-refractivity contribution is 0.329. The maximum Gasteiger partial charge on any atom is 0.328 e. The molecule has 2 aromatic rings. The van der Waals surface area contributed by atoms with Crippen LogP contribution < -0.4 is 21.3 Å². The first kappa shape index (κ1) is 13.9. The van der Waals surface area contributed by atoms with Gasteiger partial charge >= 0.3 is 5.69 Å². The van der Waals surface area contributed by atoms with Crippen molar-refractivity contribution in [2.24, 2.45) is 5.92 Å². The highest BCUT2D eigenvalue weighted by molar-refractivity contribution is 5.78. The third-order valence-corrected chi connectivity index (χ3v) is 4.03. The summed E-state index contributed by atoms with van der Waals surface area (Å²) in [5.41, 5.74) is -0.0735. The molecule has 21 heavy (non-hydrogen) atoms. The molecule has 0 amide bonds. The monoisotopic (exact) mass is 289 g/mol. The van der Waals surface area contributed by atoms with Crippen LogP contribution in [0.15, 0.2) is 27.8 Å². The number of piperidine rings is 1. The number of aromatic nitrogens is 2. The molecule has 0 radical (unpaired) electrons. The van der Waals surface area contributed by atoms with Crippen LogP contribution in [-0.4, -0.2) is 29.8 Å². The van der Waals surface area contributed by atoms with E-state index in [4.69, 9.17) is 4.74 Å². The van der Waals surface area contributed by atoms with Crippen molar-refractivity contribution >= 4 is 10.9 Å². The summed E-state index contributed by atoms with van der Waals surface area (Å²) in [5.74, 6) is 0.944. The average molecular weight is 289 g/mol. The average Bonchev–Trinajstić information content (AvgIpc) is 2.52. The second-order valence-electron chi connectivity index (χ2n) is 5.47. The molecule has 1 aliphatic heterocycles. The van der Waals surface area contributed by atoms with Gasteiger partial charge in [-0.3, -0.25) is 9.36 Å². The summed E-state index contributed by atoms with van der Waals surface area (Å²) in [7, 11) is 1.55. The summed E-state index contributed by atoms with van der Waals surface area (Å²) in [4.78, 5) is 27.4. The third-order valence-electron chi connectivity index (χ3n) is 4.03. The van der Waals surface area contributed by atoms with Gasteiger partial charge < -0.3 is 15.0 Å². The lowest BCUT2D eigenvalue weighted by Crippen LogP contribution is -2.40. The number of fused-ring (bicyclic) bond motifs is 1. The molecule has 1 aromatic carbocycles. The molecule has 1 atom stereocenters. The first-order valence-corrected chi connectivity index (χ1v) is 7.20. The molecule has 3 rings (SSSR count). The summed E-state index contributed by atoms with van der Waals surface area (Å²) >= 11 is 0. The van der Waals surface area contributed by atoms with Crippen LogP contribution in [0, 0.1) is 5.92 Å². The highest BCUT2D eigenvalue weighted by Gasteiger charge is 2.16. The Bertz CT molecular complexity index is 757. The maximum absolute atomic E-state index is 12.5. The van der Waals surface area contributed by atoms with Crippen LogP contribution >= 0.6 is 0 Å². The quantitative estimate of drug-likeness (QED) is 0.872. The molecule has 2 heterocycles. The number of nitrogens with zero attached hydrogens (tertiary/aromatic N) is 1. The molecule has 1 saturated heterocycles. The number of ether oxygens (including phenoxy) is 1. The van der Waals surface area contributed by atoms with Crippen molar-refractivity contribution in [2.75, 3.05) is 20.2 Å². The van der Waals surface area contributed by atoms with E-state index in [-0.39, 0.29) is 11.2 Å². The molecular formula is C15H19N3O3. The van der Waals surface area contributed by atoms with Crippen molar-refractivity contribution in [3.05, 3.63) is 39.0 Å². The van der Waals surface area contributed by atoms with Gasteiger partial charge in [-0.05, 0) is 44.0 Å². The minimum Gasteiger partial charge on any atom is -0.497 e. The number of methoxy groups -OCH3 is 1. The standard InChI is InChI=1S/C15H19N3O3/c1-21-11-4-5-12-13(7-11)17-15(20)18(14(12)19)9-10-3-2-6-16-8-10/h4-5,7,10,16H,2-3,6,8-9H2,1H3,(H,17,20). The first-order chi connectivity index (χ1) is 10.2. The van der Waals surface area contributed by atoms with Crippen LogP contribution in [0.3, 0.4) is 0 Å². The van der Waals surface area contributed by atoms with E-state index >= 15 is 0 Å². The molecule has 6 heteroatoms. The van der Waals surface area contributed by atoms with E-state index in [1.54, 1.807) is 25.3 Å². The van der Waals surface area contributed by atoms with Gasteiger partial charge in [0, 0.05) is 12.6 Å². The van der Waals surface area contributed by atoms with Gasteiger partial charge in [-0.2, -0.15) is 0 Å². The van der Waals surface area contributed by atoms with Gasteiger partial charge in [-0.1, -0.05) is 0 Å². The number of H-pyrrole nitrogens is 1. The molecule has 0 bridgehead atoms. The number of rotatable bonds is 3. The Balaban J connectivity index is 2.03. The fourth-order valence-corrected chi connectivity index (χ4v) is 2.86. The Morgan fingerprint density at radius 3 is 2.95 bits per heavy atom. The molecule has 1 fully saturated rings. The molecule has 1 aromatic heterocycles. The van der Waals surface area contributed by atoms with Crippen LogP contribution in [0.4, 0.5) is 0 Å².